The summed E-state index contributed by atoms with van der Waals surface area (Å²) < 4.78 is 19.4. The first-order valence-corrected chi connectivity index (χ1v) is 7.91. The van der Waals surface area contributed by atoms with Crippen molar-refractivity contribution in [3.05, 3.63) is 88.8 Å². The van der Waals surface area contributed by atoms with Gasteiger partial charge in [-0.25, -0.2) is 9.37 Å². The number of amides is 1. The Bertz CT molecular complexity index is 867. The SMILES string of the molecule is O=C(NCc1cccc(Oc2ccccn2)c1)c1c(F)cccc1Cl. The van der Waals surface area contributed by atoms with Crippen LogP contribution in [0.2, 0.25) is 5.02 Å². The molecular weight excluding hydrogens is 343 g/mol. The molecule has 1 amide bonds. The van der Waals surface area contributed by atoms with Crippen molar-refractivity contribution in [3.8, 4) is 11.6 Å². The fourth-order valence-corrected chi connectivity index (χ4v) is 2.48. The minimum Gasteiger partial charge on any atom is -0.439 e. The number of pyridine rings is 1. The molecule has 1 N–H and O–H groups in total. The molecule has 2 aromatic carbocycles. The first kappa shape index (κ1) is 16.9. The first-order chi connectivity index (χ1) is 12.1. The summed E-state index contributed by atoms with van der Waals surface area (Å²) in [7, 11) is 0. The highest BCUT2D eigenvalue weighted by Crippen LogP contribution is 2.21. The zero-order valence-electron chi connectivity index (χ0n) is 13.1. The number of benzene rings is 2. The summed E-state index contributed by atoms with van der Waals surface area (Å²) in [6.07, 6.45) is 1.64. The van der Waals surface area contributed by atoms with Crippen molar-refractivity contribution in [2.75, 3.05) is 0 Å². The zero-order valence-corrected chi connectivity index (χ0v) is 13.8. The molecule has 1 heterocycles. The number of nitrogens with zero attached hydrogens (tertiary/aromatic N) is 1. The van der Waals surface area contributed by atoms with E-state index in [1.807, 2.05) is 12.1 Å². The predicted molar refractivity (Wildman–Crippen MR) is 93.3 cm³/mol. The van der Waals surface area contributed by atoms with Gasteiger partial charge in [0.05, 0.1) is 10.6 Å². The highest BCUT2D eigenvalue weighted by molar-refractivity contribution is 6.33. The lowest BCUT2D eigenvalue weighted by atomic mass is 10.1. The maximum Gasteiger partial charge on any atom is 0.256 e. The standard InChI is InChI=1S/C19H14ClFN2O2/c20-15-7-4-8-16(21)18(15)19(24)23-12-13-5-3-6-14(11-13)25-17-9-1-2-10-22-17/h1-11H,12H2,(H,23,24). The Balaban J connectivity index is 1.67. The van der Waals surface area contributed by atoms with E-state index >= 15 is 0 Å². The Morgan fingerprint density at radius 3 is 2.72 bits per heavy atom. The normalized spacial score (nSPS) is 10.3. The molecule has 0 bridgehead atoms. The summed E-state index contributed by atoms with van der Waals surface area (Å²) in [6, 6.07) is 16.7. The second-order valence-corrected chi connectivity index (χ2v) is 5.60. The zero-order chi connectivity index (χ0) is 17.6. The Morgan fingerprint density at radius 2 is 1.96 bits per heavy atom. The molecule has 3 aromatic rings. The Hall–Kier alpha value is -2.92. The van der Waals surface area contributed by atoms with Crippen LogP contribution in [0.1, 0.15) is 15.9 Å². The molecular formula is C19H14ClFN2O2. The van der Waals surface area contributed by atoms with E-state index in [2.05, 4.69) is 10.3 Å². The second kappa shape index (κ2) is 7.77. The number of ether oxygens (including phenoxy) is 1. The van der Waals surface area contributed by atoms with Crippen LogP contribution in [0.15, 0.2) is 66.9 Å². The Morgan fingerprint density at radius 1 is 1.12 bits per heavy atom. The first-order valence-electron chi connectivity index (χ1n) is 7.53. The van der Waals surface area contributed by atoms with Crippen molar-refractivity contribution < 1.29 is 13.9 Å². The Labute approximate surface area is 149 Å². The van der Waals surface area contributed by atoms with Gasteiger partial charge in [-0.15, -0.1) is 0 Å². The predicted octanol–water partition coefficient (Wildman–Crippen LogP) is 4.60. The van der Waals surface area contributed by atoms with Crippen molar-refractivity contribution in [3.63, 3.8) is 0 Å². The maximum absolute atomic E-state index is 13.8. The van der Waals surface area contributed by atoms with E-state index in [1.54, 1.807) is 36.5 Å². The van der Waals surface area contributed by atoms with E-state index in [0.29, 0.717) is 11.6 Å². The van der Waals surface area contributed by atoms with Crippen LogP contribution in [-0.4, -0.2) is 10.9 Å². The molecule has 6 heteroatoms. The number of carbonyl (C=O) groups excluding carboxylic acids is 1. The lowest BCUT2D eigenvalue weighted by molar-refractivity contribution is 0.0947. The van der Waals surface area contributed by atoms with E-state index in [4.69, 9.17) is 16.3 Å². The topological polar surface area (TPSA) is 51.2 Å². The molecule has 0 aliphatic carbocycles. The average Bonchev–Trinajstić information content (AvgIpc) is 2.61. The third-order valence-corrected chi connectivity index (χ3v) is 3.72. The van der Waals surface area contributed by atoms with Crippen LogP contribution in [0.4, 0.5) is 4.39 Å². The number of halogens is 2. The maximum atomic E-state index is 13.8. The molecule has 0 radical (unpaired) electrons. The summed E-state index contributed by atoms with van der Waals surface area (Å²) in [5.74, 6) is -0.160. The summed E-state index contributed by atoms with van der Waals surface area (Å²) in [5, 5.41) is 2.73. The molecule has 0 saturated carbocycles. The molecule has 25 heavy (non-hydrogen) atoms. The molecule has 0 aliphatic heterocycles. The van der Waals surface area contributed by atoms with Gasteiger partial charge < -0.3 is 10.1 Å². The van der Waals surface area contributed by atoms with Crippen molar-refractivity contribution >= 4 is 17.5 Å². The molecule has 0 aliphatic rings. The van der Waals surface area contributed by atoms with Gasteiger partial charge in [-0.3, -0.25) is 4.79 Å². The van der Waals surface area contributed by atoms with Crippen molar-refractivity contribution in [1.29, 1.82) is 0 Å². The fraction of sp³-hybridized carbons (Fsp3) is 0.0526. The van der Waals surface area contributed by atoms with Crippen LogP contribution in [0, 0.1) is 5.82 Å². The minimum absolute atomic E-state index is 0.0738. The lowest BCUT2D eigenvalue weighted by Crippen LogP contribution is -2.24. The van der Waals surface area contributed by atoms with Gasteiger partial charge in [0.25, 0.3) is 5.91 Å². The Kier molecular flexibility index (Phi) is 5.26. The molecule has 0 spiro atoms. The third-order valence-electron chi connectivity index (χ3n) is 3.40. The molecule has 4 nitrogen and oxygen atoms in total. The summed E-state index contributed by atoms with van der Waals surface area (Å²) in [5.41, 5.74) is 0.638. The van der Waals surface area contributed by atoms with E-state index in [1.165, 1.54) is 18.2 Å². The lowest BCUT2D eigenvalue weighted by Gasteiger charge is -2.09. The highest BCUT2D eigenvalue weighted by Gasteiger charge is 2.15. The van der Waals surface area contributed by atoms with E-state index in [0.717, 1.165) is 5.56 Å². The van der Waals surface area contributed by atoms with Gasteiger partial charge in [0.1, 0.15) is 11.6 Å². The summed E-state index contributed by atoms with van der Waals surface area (Å²) in [4.78, 5) is 16.2. The number of carbonyl (C=O) groups is 1. The van der Waals surface area contributed by atoms with Gasteiger partial charge in [0.15, 0.2) is 0 Å². The van der Waals surface area contributed by atoms with Crippen LogP contribution in [0.3, 0.4) is 0 Å². The molecule has 0 unspecified atom stereocenters. The molecule has 0 saturated heterocycles. The quantitative estimate of drug-likeness (QED) is 0.727. The van der Waals surface area contributed by atoms with Gasteiger partial charge in [0.2, 0.25) is 5.88 Å². The molecule has 0 atom stereocenters. The van der Waals surface area contributed by atoms with Crippen molar-refractivity contribution in [1.82, 2.24) is 10.3 Å². The van der Waals surface area contributed by atoms with Crippen molar-refractivity contribution in [2.45, 2.75) is 6.54 Å². The molecule has 126 valence electrons. The van der Waals surface area contributed by atoms with Crippen LogP contribution in [0.25, 0.3) is 0 Å². The summed E-state index contributed by atoms with van der Waals surface area (Å²) >= 11 is 5.89. The van der Waals surface area contributed by atoms with Crippen molar-refractivity contribution in [2.24, 2.45) is 0 Å². The van der Waals surface area contributed by atoms with E-state index in [-0.39, 0.29) is 17.1 Å². The van der Waals surface area contributed by atoms with Gasteiger partial charge in [-0.05, 0) is 35.9 Å². The number of hydrogen-bond acceptors (Lipinski definition) is 3. The van der Waals surface area contributed by atoms with Gasteiger partial charge in [-0.2, -0.15) is 0 Å². The molecule has 0 fully saturated rings. The van der Waals surface area contributed by atoms with Crippen LogP contribution < -0.4 is 10.1 Å². The highest BCUT2D eigenvalue weighted by atomic mass is 35.5. The minimum atomic E-state index is -0.655. The van der Waals surface area contributed by atoms with E-state index in [9.17, 15) is 9.18 Å². The number of rotatable bonds is 5. The third kappa shape index (κ3) is 4.33. The van der Waals surface area contributed by atoms with Crippen LogP contribution in [-0.2, 0) is 6.54 Å². The largest absolute Gasteiger partial charge is 0.439 e. The second-order valence-electron chi connectivity index (χ2n) is 5.20. The summed E-state index contributed by atoms with van der Waals surface area (Å²) in [6.45, 7) is 0.211. The number of nitrogens with one attached hydrogen (secondary N) is 1. The number of aromatic nitrogens is 1. The van der Waals surface area contributed by atoms with Gasteiger partial charge >= 0.3 is 0 Å². The van der Waals surface area contributed by atoms with Crippen LogP contribution in [0.5, 0.6) is 11.6 Å². The van der Waals surface area contributed by atoms with Gasteiger partial charge in [0, 0.05) is 18.8 Å². The number of hydrogen-bond donors (Lipinski definition) is 1. The smallest absolute Gasteiger partial charge is 0.256 e. The fourth-order valence-electron chi connectivity index (χ4n) is 2.23. The molecule has 1 aromatic heterocycles. The van der Waals surface area contributed by atoms with Crippen LogP contribution >= 0.6 is 11.6 Å². The van der Waals surface area contributed by atoms with Gasteiger partial charge in [-0.1, -0.05) is 35.9 Å². The van der Waals surface area contributed by atoms with E-state index < -0.39 is 11.7 Å². The molecule has 3 rings (SSSR count). The monoisotopic (exact) mass is 356 g/mol. The average molecular weight is 357 g/mol.